The molecule has 0 aliphatic carbocycles. The molecule has 4 nitrogen and oxygen atoms in total. The van der Waals surface area contributed by atoms with Crippen molar-refractivity contribution in [3.8, 4) is 0 Å². The van der Waals surface area contributed by atoms with Crippen molar-refractivity contribution in [2.45, 2.75) is 25.0 Å². The van der Waals surface area contributed by atoms with Crippen LogP contribution >= 0.6 is 23.2 Å². The van der Waals surface area contributed by atoms with Crippen LogP contribution in [0.15, 0.2) is 18.2 Å². The number of nitrogens with zero attached hydrogens (tertiary/aromatic N) is 1. The molecule has 2 saturated heterocycles. The van der Waals surface area contributed by atoms with Gasteiger partial charge >= 0.3 is 0 Å². The minimum atomic E-state index is -0.213. The van der Waals surface area contributed by atoms with Crippen molar-refractivity contribution < 1.29 is 9.53 Å². The van der Waals surface area contributed by atoms with Crippen molar-refractivity contribution in [3.05, 3.63) is 33.8 Å². The first-order valence-electron chi connectivity index (χ1n) is 7.22. The second-order valence-electron chi connectivity index (χ2n) is 5.58. The molecule has 21 heavy (non-hydrogen) atoms. The molecule has 6 heteroatoms. The first-order chi connectivity index (χ1) is 10.1. The molecule has 0 radical (unpaired) electrons. The molecule has 0 aromatic heterocycles. The molecule has 2 atom stereocenters. The van der Waals surface area contributed by atoms with E-state index >= 15 is 0 Å². The van der Waals surface area contributed by atoms with E-state index in [0.29, 0.717) is 28.2 Å². The fraction of sp³-hybridized carbons (Fsp3) is 0.533. The number of carbonyl (C=O) groups is 1. The lowest BCUT2D eigenvalue weighted by molar-refractivity contribution is -0.0461. The van der Waals surface area contributed by atoms with Crippen LogP contribution in [0.4, 0.5) is 0 Å². The summed E-state index contributed by atoms with van der Waals surface area (Å²) in [5.41, 5.74) is 0.402. The Hall–Kier alpha value is -0.810. The molecule has 0 spiro atoms. The molecule has 2 fully saturated rings. The predicted octanol–water partition coefficient (Wildman–Crippen LogP) is 2.59. The van der Waals surface area contributed by atoms with Crippen LogP contribution in [0.3, 0.4) is 0 Å². The third kappa shape index (κ3) is 3.51. The van der Waals surface area contributed by atoms with Crippen molar-refractivity contribution in [2.24, 2.45) is 0 Å². The minimum absolute atomic E-state index is 0.0428. The highest BCUT2D eigenvalue weighted by Gasteiger charge is 2.32. The summed E-state index contributed by atoms with van der Waals surface area (Å²) in [6.45, 7) is 3.27. The Bertz CT molecular complexity index is 538. The molecule has 2 heterocycles. The van der Waals surface area contributed by atoms with Gasteiger partial charge in [-0.1, -0.05) is 23.2 Å². The lowest BCUT2D eigenvalue weighted by Crippen LogP contribution is -2.50. The summed E-state index contributed by atoms with van der Waals surface area (Å²) in [5.74, 6) is -0.213. The second-order valence-corrected chi connectivity index (χ2v) is 6.42. The van der Waals surface area contributed by atoms with Gasteiger partial charge < -0.3 is 10.1 Å². The normalized spacial score (nSPS) is 25.6. The number of halogens is 2. The largest absolute Gasteiger partial charge is 0.373 e. The molecular formula is C15H18Cl2N2O2. The molecule has 1 N–H and O–H groups in total. The van der Waals surface area contributed by atoms with Crippen LogP contribution < -0.4 is 5.32 Å². The third-order valence-electron chi connectivity index (χ3n) is 4.12. The Kier molecular flexibility index (Phi) is 4.69. The van der Waals surface area contributed by atoms with Crippen molar-refractivity contribution in [1.29, 1.82) is 0 Å². The van der Waals surface area contributed by atoms with Gasteiger partial charge in [0.1, 0.15) is 0 Å². The van der Waals surface area contributed by atoms with Gasteiger partial charge in [-0.05, 0) is 37.6 Å². The fourth-order valence-corrected chi connectivity index (χ4v) is 3.36. The summed E-state index contributed by atoms with van der Waals surface area (Å²) in [7, 11) is 0. The Morgan fingerprint density at radius 1 is 1.43 bits per heavy atom. The number of hydrogen-bond acceptors (Lipinski definition) is 3. The molecule has 0 bridgehead atoms. The van der Waals surface area contributed by atoms with E-state index in [-0.39, 0.29) is 12.0 Å². The van der Waals surface area contributed by atoms with Crippen LogP contribution in [0.2, 0.25) is 10.0 Å². The average molecular weight is 329 g/mol. The Balaban J connectivity index is 1.55. The molecule has 2 aliphatic heterocycles. The number of amides is 1. The van der Waals surface area contributed by atoms with Gasteiger partial charge in [-0.2, -0.15) is 0 Å². The molecule has 1 aromatic rings. The standard InChI is InChI=1S/C15H18Cl2N2O2/c16-10-3-4-14(17)13(6-10)15(20)18-7-12-8-19-5-1-2-11(19)9-21-12/h3-4,6,11-12H,1-2,5,7-9H2,(H,18,20)/t11-,12-/m1/s1. The van der Waals surface area contributed by atoms with E-state index in [1.807, 2.05) is 0 Å². The number of fused-ring (bicyclic) bond motifs is 1. The van der Waals surface area contributed by atoms with Gasteiger partial charge in [-0.3, -0.25) is 9.69 Å². The molecule has 114 valence electrons. The molecule has 0 unspecified atom stereocenters. The predicted molar refractivity (Wildman–Crippen MR) is 83.1 cm³/mol. The number of ether oxygens (including phenoxy) is 1. The number of morpholine rings is 1. The lowest BCUT2D eigenvalue weighted by Gasteiger charge is -2.35. The van der Waals surface area contributed by atoms with Gasteiger partial charge in [-0.25, -0.2) is 0 Å². The Morgan fingerprint density at radius 3 is 3.14 bits per heavy atom. The second kappa shape index (κ2) is 6.53. The number of rotatable bonds is 3. The van der Waals surface area contributed by atoms with E-state index in [1.165, 1.54) is 12.8 Å². The van der Waals surface area contributed by atoms with Crippen LogP contribution in [0.1, 0.15) is 23.2 Å². The van der Waals surface area contributed by atoms with E-state index in [2.05, 4.69) is 10.2 Å². The van der Waals surface area contributed by atoms with Crippen LogP contribution in [-0.4, -0.2) is 49.2 Å². The molecule has 0 saturated carbocycles. The molecule has 1 aromatic carbocycles. The minimum Gasteiger partial charge on any atom is -0.373 e. The zero-order valence-corrected chi connectivity index (χ0v) is 13.2. The van der Waals surface area contributed by atoms with Gasteiger partial charge in [0.25, 0.3) is 5.91 Å². The first-order valence-corrected chi connectivity index (χ1v) is 7.98. The zero-order valence-electron chi connectivity index (χ0n) is 11.6. The summed E-state index contributed by atoms with van der Waals surface area (Å²) in [6, 6.07) is 5.44. The summed E-state index contributed by atoms with van der Waals surface area (Å²) in [5, 5.41) is 3.79. The van der Waals surface area contributed by atoms with Gasteiger partial charge in [0.05, 0.1) is 23.3 Å². The van der Waals surface area contributed by atoms with Gasteiger partial charge in [0.15, 0.2) is 0 Å². The van der Waals surface area contributed by atoms with E-state index in [9.17, 15) is 4.79 Å². The summed E-state index contributed by atoms with van der Waals surface area (Å²) in [6.07, 6.45) is 2.50. The highest BCUT2D eigenvalue weighted by Crippen LogP contribution is 2.23. The Morgan fingerprint density at radius 2 is 2.29 bits per heavy atom. The van der Waals surface area contributed by atoms with Crippen molar-refractivity contribution in [3.63, 3.8) is 0 Å². The highest BCUT2D eigenvalue weighted by atomic mass is 35.5. The molecule has 2 aliphatic rings. The van der Waals surface area contributed by atoms with Gasteiger partial charge in [0.2, 0.25) is 0 Å². The van der Waals surface area contributed by atoms with Crippen LogP contribution in [-0.2, 0) is 4.74 Å². The maximum absolute atomic E-state index is 12.2. The number of nitrogens with one attached hydrogen (secondary N) is 1. The monoisotopic (exact) mass is 328 g/mol. The van der Waals surface area contributed by atoms with Crippen molar-refractivity contribution in [1.82, 2.24) is 10.2 Å². The summed E-state index contributed by atoms with van der Waals surface area (Å²) < 4.78 is 5.82. The number of carbonyl (C=O) groups excluding carboxylic acids is 1. The molecular weight excluding hydrogens is 311 g/mol. The summed E-state index contributed by atoms with van der Waals surface area (Å²) in [4.78, 5) is 14.6. The number of benzene rings is 1. The number of hydrogen-bond donors (Lipinski definition) is 1. The van der Waals surface area contributed by atoms with Gasteiger partial charge in [0, 0.05) is 24.2 Å². The average Bonchev–Trinajstić information content (AvgIpc) is 2.94. The quantitative estimate of drug-likeness (QED) is 0.927. The van der Waals surface area contributed by atoms with Gasteiger partial charge in [-0.15, -0.1) is 0 Å². The van der Waals surface area contributed by atoms with E-state index in [0.717, 1.165) is 19.7 Å². The van der Waals surface area contributed by atoms with E-state index < -0.39 is 0 Å². The van der Waals surface area contributed by atoms with E-state index in [4.69, 9.17) is 27.9 Å². The van der Waals surface area contributed by atoms with Crippen LogP contribution in [0.5, 0.6) is 0 Å². The third-order valence-corrected chi connectivity index (χ3v) is 4.69. The topological polar surface area (TPSA) is 41.6 Å². The van der Waals surface area contributed by atoms with Crippen LogP contribution in [0, 0.1) is 0 Å². The zero-order chi connectivity index (χ0) is 14.8. The van der Waals surface area contributed by atoms with Crippen molar-refractivity contribution >= 4 is 29.1 Å². The van der Waals surface area contributed by atoms with Crippen LogP contribution in [0.25, 0.3) is 0 Å². The maximum atomic E-state index is 12.2. The molecule has 3 rings (SSSR count). The first kappa shape index (κ1) is 15.1. The fourth-order valence-electron chi connectivity index (χ4n) is 2.98. The SMILES string of the molecule is O=C(NC[C@@H]1CN2CCC[C@@H]2CO1)c1cc(Cl)ccc1Cl. The summed E-state index contributed by atoms with van der Waals surface area (Å²) >= 11 is 11.9. The smallest absolute Gasteiger partial charge is 0.252 e. The Labute approximate surface area is 134 Å². The molecule has 1 amide bonds. The van der Waals surface area contributed by atoms with Crippen molar-refractivity contribution in [2.75, 3.05) is 26.2 Å². The maximum Gasteiger partial charge on any atom is 0.252 e. The highest BCUT2D eigenvalue weighted by molar-refractivity contribution is 6.35. The van der Waals surface area contributed by atoms with E-state index in [1.54, 1.807) is 18.2 Å². The lowest BCUT2D eigenvalue weighted by atomic mass is 10.1.